The Bertz CT molecular complexity index is 900. The normalized spacial score (nSPS) is 20.1. The van der Waals surface area contributed by atoms with E-state index in [-0.39, 0.29) is 16.9 Å². The largest absolute Gasteiger partial charge is 0.488 e. The van der Waals surface area contributed by atoms with Gasteiger partial charge in [-0.3, -0.25) is 9.59 Å². The van der Waals surface area contributed by atoms with Crippen LogP contribution in [0.2, 0.25) is 0 Å². The lowest BCUT2D eigenvalue weighted by molar-refractivity contribution is 0.0477. The maximum absolute atomic E-state index is 12.4. The van der Waals surface area contributed by atoms with Crippen molar-refractivity contribution in [3.05, 3.63) is 43.4 Å². The van der Waals surface area contributed by atoms with Crippen molar-refractivity contribution in [1.82, 2.24) is 0 Å². The molecule has 1 aromatic carbocycles. The van der Waals surface area contributed by atoms with Gasteiger partial charge >= 0.3 is 0 Å². The van der Waals surface area contributed by atoms with Crippen LogP contribution in [0.5, 0.6) is 0 Å². The number of thiocarbonyl (C=S) groups is 1. The van der Waals surface area contributed by atoms with E-state index in [1.807, 2.05) is 13.0 Å². The van der Waals surface area contributed by atoms with E-state index in [4.69, 9.17) is 17.0 Å². The molecule has 28 heavy (non-hydrogen) atoms. The molecule has 1 atom stereocenters. The molecule has 1 aliphatic heterocycles. The number of rotatable bonds is 5. The van der Waals surface area contributed by atoms with Crippen LogP contribution >= 0.6 is 12.2 Å². The first-order chi connectivity index (χ1) is 12.8. The van der Waals surface area contributed by atoms with Crippen LogP contribution in [0.15, 0.2) is 27.0 Å². The van der Waals surface area contributed by atoms with Gasteiger partial charge in [-0.05, 0) is 30.6 Å². The van der Waals surface area contributed by atoms with E-state index in [1.165, 1.54) is 0 Å². The summed E-state index contributed by atoms with van der Waals surface area (Å²) in [5.74, 6) is 0.842. The fourth-order valence-corrected chi connectivity index (χ4v) is 3.87. The van der Waals surface area contributed by atoms with Crippen LogP contribution in [0.3, 0.4) is 0 Å². The highest BCUT2D eigenvalue weighted by Crippen LogP contribution is 2.40. The number of allylic oxidation sites excluding steroid dienone is 3. The number of hydrogen-bond acceptors (Lipinski definition) is 5. The molecule has 0 radical (unpaired) electrons. The molecule has 4 nitrogen and oxygen atoms in total. The average Bonchev–Trinajstić information content (AvgIpc) is 2.58. The van der Waals surface area contributed by atoms with E-state index in [9.17, 15) is 9.59 Å². The van der Waals surface area contributed by atoms with E-state index in [2.05, 4.69) is 53.8 Å². The molecule has 0 aromatic heterocycles. The first-order valence-electron chi connectivity index (χ1n) is 10.0. The number of ether oxygens (including phenoxy) is 1. The number of anilines is 1. The van der Waals surface area contributed by atoms with E-state index < -0.39 is 10.9 Å². The molecular formula is C23H33NO3S. The molecule has 0 saturated carbocycles. The molecule has 0 bridgehead atoms. The van der Waals surface area contributed by atoms with Gasteiger partial charge in [-0.15, -0.1) is 0 Å². The first-order valence-corrected chi connectivity index (χ1v) is 10.4. The Kier molecular flexibility index (Phi) is 6.39. The van der Waals surface area contributed by atoms with Crippen LogP contribution in [0.4, 0.5) is 5.69 Å². The molecule has 1 aliphatic rings. The van der Waals surface area contributed by atoms with Crippen molar-refractivity contribution >= 4 is 28.3 Å². The molecule has 5 heteroatoms. The van der Waals surface area contributed by atoms with Crippen molar-refractivity contribution in [3.63, 3.8) is 0 Å². The van der Waals surface area contributed by atoms with Gasteiger partial charge in [0, 0.05) is 17.4 Å². The van der Waals surface area contributed by atoms with Crippen molar-refractivity contribution < 1.29 is 4.74 Å². The smallest absolute Gasteiger partial charge is 0.250 e. The van der Waals surface area contributed by atoms with Gasteiger partial charge in [0.05, 0.1) is 16.1 Å². The Morgan fingerprint density at radius 2 is 1.75 bits per heavy atom. The van der Waals surface area contributed by atoms with Crippen molar-refractivity contribution in [3.8, 4) is 0 Å². The quantitative estimate of drug-likeness (QED) is 0.324. The monoisotopic (exact) mass is 403 g/mol. The van der Waals surface area contributed by atoms with Crippen LogP contribution < -0.4 is 16.2 Å². The molecule has 0 aliphatic carbocycles. The molecule has 1 unspecified atom stereocenters. The molecule has 154 valence electrons. The molecule has 0 amide bonds. The highest BCUT2D eigenvalue weighted by atomic mass is 32.1. The van der Waals surface area contributed by atoms with E-state index in [0.29, 0.717) is 22.7 Å². The third-order valence-corrected chi connectivity index (χ3v) is 5.51. The van der Waals surface area contributed by atoms with Crippen molar-refractivity contribution in [2.24, 2.45) is 10.8 Å². The minimum absolute atomic E-state index is 0.191. The molecule has 1 aromatic rings. The summed E-state index contributed by atoms with van der Waals surface area (Å²) in [6, 6.07) is 0. The van der Waals surface area contributed by atoms with Crippen molar-refractivity contribution in [2.75, 3.05) is 11.9 Å². The molecular weight excluding hydrogens is 370 g/mol. The van der Waals surface area contributed by atoms with Gasteiger partial charge in [0.15, 0.2) is 0 Å². The van der Waals surface area contributed by atoms with Crippen LogP contribution in [0, 0.1) is 10.8 Å². The number of nitrogens with one attached hydrogen (secondary N) is 1. The molecule has 1 N–H and O–H groups in total. The van der Waals surface area contributed by atoms with Crippen LogP contribution in [0.1, 0.15) is 73.8 Å². The predicted octanol–water partition coefficient (Wildman–Crippen LogP) is 5.01. The third kappa shape index (κ3) is 4.29. The maximum Gasteiger partial charge on any atom is 0.250 e. The second-order valence-corrected chi connectivity index (χ2v) is 10.2. The lowest BCUT2D eigenvalue weighted by Crippen LogP contribution is -2.42. The maximum atomic E-state index is 12.4. The highest BCUT2D eigenvalue weighted by molar-refractivity contribution is 7.81. The third-order valence-electron chi connectivity index (χ3n) is 5.07. The Morgan fingerprint density at radius 1 is 1.14 bits per heavy atom. The van der Waals surface area contributed by atoms with Crippen LogP contribution in [0.25, 0.3) is 5.57 Å². The number of unbranched alkanes of at least 4 members (excludes halogenated alkanes) is 1. The fourth-order valence-electron chi connectivity index (χ4n) is 3.26. The molecule has 1 heterocycles. The second kappa shape index (κ2) is 7.94. The predicted molar refractivity (Wildman–Crippen MR) is 122 cm³/mol. The van der Waals surface area contributed by atoms with E-state index in [0.717, 1.165) is 29.7 Å². The summed E-state index contributed by atoms with van der Waals surface area (Å²) in [6.07, 6.45) is 3.64. The summed E-state index contributed by atoms with van der Waals surface area (Å²) < 4.78 is 6.30. The fraction of sp³-hybridized carbons (Fsp3) is 0.609. The van der Waals surface area contributed by atoms with Gasteiger partial charge in [-0.2, -0.15) is 0 Å². The van der Waals surface area contributed by atoms with Gasteiger partial charge in [0.1, 0.15) is 11.9 Å². The summed E-state index contributed by atoms with van der Waals surface area (Å²) >= 11 is 5.79. The Morgan fingerprint density at radius 3 is 2.25 bits per heavy atom. The summed E-state index contributed by atoms with van der Waals surface area (Å²) in [5, 5.41) is 3.15. The first kappa shape index (κ1) is 22.5. The average molecular weight is 404 g/mol. The summed E-state index contributed by atoms with van der Waals surface area (Å²) in [7, 11) is 0. The van der Waals surface area contributed by atoms with Crippen LogP contribution in [-0.2, 0) is 4.74 Å². The Hall–Kier alpha value is -1.75. The van der Waals surface area contributed by atoms with Crippen LogP contribution in [-0.4, -0.2) is 17.5 Å². The Labute approximate surface area is 173 Å². The SMILES string of the molecule is CCCCNc1c(C(C)=C2C=C(C(C)(C)C)OC(C(C)(C)C)C2=S)c(=O)c1=O. The van der Waals surface area contributed by atoms with E-state index >= 15 is 0 Å². The highest BCUT2D eigenvalue weighted by Gasteiger charge is 2.39. The van der Waals surface area contributed by atoms with Gasteiger partial charge in [-0.1, -0.05) is 67.1 Å². The Balaban J connectivity index is 2.60. The van der Waals surface area contributed by atoms with Crippen molar-refractivity contribution in [2.45, 2.75) is 74.3 Å². The molecule has 2 rings (SSSR count). The van der Waals surface area contributed by atoms with Crippen molar-refractivity contribution in [1.29, 1.82) is 0 Å². The lowest BCUT2D eigenvalue weighted by Gasteiger charge is -2.40. The summed E-state index contributed by atoms with van der Waals surface area (Å²) in [5.41, 5.74) is 1.23. The molecule has 0 saturated heterocycles. The summed E-state index contributed by atoms with van der Waals surface area (Å²) in [6.45, 7) is 17.2. The summed E-state index contributed by atoms with van der Waals surface area (Å²) in [4.78, 5) is 25.2. The lowest BCUT2D eigenvalue weighted by atomic mass is 9.79. The minimum atomic E-state index is -0.434. The van der Waals surface area contributed by atoms with E-state index in [1.54, 1.807) is 0 Å². The topological polar surface area (TPSA) is 55.4 Å². The van der Waals surface area contributed by atoms with Gasteiger partial charge in [0.2, 0.25) is 10.9 Å². The van der Waals surface area contributed by atoms with Gasteiger partial charge in [0.25, 0.3) is 0 Å². The zero-order valence-corrected chi connectivity index (χ0v) is 19.2. The zero-order chi connectivity index (χ0) is 21.4. The standard InChI is InChI=1S/C23H33NO3S/c1-9-10-11-24-17-16(18(25)19(17)26)13(2)14-12-15(22(3,4)5)27-21(20(14)28)23(6,7)8/h12,21,24H,9-11H2,1-8H3. The van der Waals surface area contributed by atoms with Gasteiger partial charge in [-0.25, -0.2) is 0 Å². The molecule has 0 fully saturated rings. The number of hydrogen-bond donors (Lipinski definition) is 1. The minimum Gasteiger partial charge on any atom is -0.488 e. The zero-order valence-electron chi connectivity index (χ0n) is 18.4. The second-order valence-electron chi connectivity index (χ2n) is 9.71. The van der Waals surface area contributed by atoms with Gasteiger partial charge < -0.3 is 10.1 Å². The molecule has 0 spiro atoms.